The molecule has 0 saturated carbocycles. The summed E-state index contributed by atoms with van der Waals surface area (Å²) < 4.78 is 0. The minimum atomic E-state index is 0.0779. The Bertz CT molecular complexity index is 1230. The fraction of sp³-hybridized carbons (Fsp3) is 0.231. The Labute approximate surface area is 181 Å². The van der Waals surface area contributed by atoms with Gasteiger partial charge in [-0.2, -0.15) is 0 Å². The average molecular weight is 409 g/mol. The van der Waals surface area contributed by atoms with Crippen LogP contribution in [0.25, 0.3) is 33.5 Å². The molecule has 1 fully saturated rings. The quantitative estimate of drug-likeness (QED) is 0.462. The van der Waals surface area contributed by atoms with Crippen LogP contribution in [0.4, 0.5) is 0 Å². The number of aryl methyl sites for hydroxylation is 1. The maximum atomic E-state index is 13.0. The van der Waals surface area contributed by atoms with Crippen LogP contribution in [0, 0.1) is 6.92 Å². The van der Waals surface area contributed by atoms with E-state index in [2.05, 4.69) is 4.98 Å². The number of benzene rings is 2. The Hall–Kier alpha value is -3.60. The fourth-order valence-corrected chi connectivity index (χ4v) is 4.07. The van der Waals surface area contributed by atoms with Crippen molar-refractivity contribution in [2.24, 2.45) is 0 Å². The lowest BCUT2D eigenvalue weighted by Gasteiger charge is -2.26. The van der Waals surface area contributed by atoms with Gasteiger partial charge in [-0.05, 0) is 56.5 Å². The van der Waals surface area contributed by atoms with Crippen LogP contribution in [0.3, 0.4) is 0 Å². The van der Waals surface area contributed by atoms with Gasteiger partial charge in [0, 0.05) is 41.7 Å². The second-order valence-corrected chi connectivity index (χ2v) is 8.03. The monoisotopic (exact) mass is 408 g/mol. The molecule has 1 aliphatic rings. The molecule has 154 valence electrons. The third-order valence-corrected chi connectivity index (χ3v) is 5.79. The van der Waals surface area contributed by atoms with Gasteiger partial charge >= 0.3 is 0 Å². The molecule has 1 saturated heterocycles. The zero-order valence-corrected chi connectivity index (χ0v) is 17.6. The summed E-state index contributed by atoms with van der Waals surface area (Å²) in [5.41, 5.74) is 6.61. The highest BCUT2D eigenvalue weighted by Gasteiger charge is 2.20. The van der Waals surface area contributed by atoms with Gasteiger partial charge in [0.15, 0.2) is 0 Å². The van der Waals surface area contributed by atoms with Gasteiger partial charge in [-0.1, -0.05) is 30.3 Å². The summed E-state index contributed by atoms with van der Waals surface area (Å²) in [5, 5.41) is 0. The maximum Gasteiger partial charge on any atom is 0.253 e. The van der Waals surface area contributed by atoms with Gasteiger partial charge in [0.25, 0.3) is 5.91 Å². The van der Waals surface area contributed by atoms with Crippen LogP contribution in [-0.2, 0) is 0 Å². The van der Waals surface area contributed by atoms with Crippen LogP contribution in [0.1, 0.15) is 35.3 Å². The molecular formula is C26H24N4O. The molecule has 1 amide bonds. The summed E-state index contributed by atoms with van der Waals surface area (Å²) in [4.78, 5) is 29.3. The van der Waals surface area contributed by atoms with Crippen molar-refractivity contribution >= 4 is 16.9 Å². The van der Waals surface area contributed by atoms with Gasteiger partial charge in [-0.25, -0.2) is 9.97 Å². The molecule has 0 bridgehead atoms. The highest BCUT2D eigenvalue weighted by molar-refractivity contribution is 5.98. The van der Waals surface area contributed by atoms with E-state index in [1.165, 1.54) is 6.42 Å². The summed E-state index contributed by atoms with van der Waals surface area (Å²) in [6.07, 6.45) is 5.18. The lowest BCUT2D eigenvalue weighted by atomic mass is 10.0. The molecule has 5 rings (SSSR count). The first-order chi connectivity index (χ1) is 15.2. The number of likely N-dealkylation sites (tertiary alicyclic amines) is 1. The first kappa shape index (κ1) is 19.4. The van der Waals surface area contributed by atoms with E-state index < -0.39 is 0 Å². The van der Waals surface area contributed by atoms with Gasteiger partial charge in [0.1, 0.15) is 0 Å². The van der Waals surface area contributed by atoms with Gasteiger partial charge in [0.05, 0.1) is 22.4 Å². The van der Waals surface area contributed by atoms with E-state index in [1.54, 1.807) is 0 Å². The number of nitrogens with zero attached hydrogens (tertiary/aromatic N) is 4. The lowest BCUT2D eigenvalue weighted by Crippen LogP contribution is -2.35. The summed E-state index contributed by atoms with van der Waals surface area (Å²) in [6, 6.07) is 19.7. The predicted octanol–water partition coefficient (Wildman–Crippen LogP) is 5.29. The van der Waals surface area contributed by atoms with Crippen molar-refractivity contribution in [2.75, 3.05) is 13.1 Å². The number of hydrogen-bond donors (Lipinski definition) is 0. The third-order valence-electron chi connectivity index (χ3n) is 5.79. The largest absolute Gasteiger partial charge is 0.339 e. The van der Waals surface area contributed by atoms with Crippen LogP contribution in [-0.4, -0.2) is 38.8 Å². The number of aromatic nitrogens is 3. The van der Waals surface area contributed by atoms with Gasteiger partial charge < -0.3 is 4.90 Å². The van der Waals surface area contributed by atoms with Crippen molar-refractivity contribution in [1.29, 1.82) is 0 Å². The summed E-state index contributed by atoms with van der Waals surface area (Å²) in [7, 11) is 0. The SMILES string of the molecule is Cc1ccc(-c2nc3cc(C(=O)N4CCCCC4)ccc3nc2-c2ccccc2)cn1. The number of pyridine rings is 1. The van der Waals surface area contributed by atoms with E-state index in [4.69, 9.17) is 9.97 Å². The van der Waals surface area contributed by atoms with E-state index in [0.29, 0.717) is 5.56 Å². The number of fused-ring (bicyclic) bond motifs is 1. The Morgan fingerprint density at radius 2 is 1.55 bits per heavy atom. The number of hydrogen-bond acceptors (Lipinski definition) is 4. The number of amides is 1. The molecular weight excluding hydrogens is 384 g/mol. The standard InChI is InChI=1S/C26H24N4O/c1-18-10-11-21(17-27-18)25-24(19-8-4-2-5-9-19)28-22-13-12-20(16-23(22)29-25)26(31)30-14-6-3-7-15-30/h2,4-5,8-13,16-17H,3,6-7,14-15H2,1H3. The van der Waals surface area contributed by atoms with E-state index in [0.717, 1.165) is 65.2 Å². The summed E-state index contributed by atoms with van der Waals surface area (Å²) in [5.74, 6) is 0.0779. The second-order valence-electron chi connectivity index (χ2n) is 8.03. The first-order valence-corrected chi connectivity index (χ1v) is 10.8. The topological polar surface area (TPSA) is 59.0 Å². The van der Waals surface area contributed by atoms with Gasteiger partial charge in [0.2, 0.25) is 0 Å². The molecule has 0 N–H and O–H groups in total. The third kappa shape index (κ3) is 3.91. The Morgan fingerprint density at radius 1 is 0.806 bits per heavy atom. The molecule has 31 heavy (non-hydrogen) atoms. The molecule has 0 atom stereocenters. The van der Waals surface area contributed by atoms with E-state index in [1.807, 2.05) is 78.7 Å². The molecule has 0 unspecified atom stereocenters. The fourth-order valence-electron chi connectivity index (χ4n) is 4.07. The second kappa shape index (κ2) is 8.26. The molecule has 2 aromatic heterocycles. The van der Waals surface area contributed by atoms with Crippen LogP contribution < -0.4 is 0 Å². The molecule has 0 aliphatic carbocycles. The van der Waals surface area contributed by atoms with Crippen molar-refractivity contribution in [1.82, 2.24) is 19.9 Å². The number of rotatable bonds is 3. The normalized spacial score (nSPS) is 14.0. The van der Waals surface area contributed by atoms with Crippen LogP contribution >= 0.6 is 0 Å². The van der Waals surface area contributed by atoms with Crippen LogP contribution in [0.5, 0.6) is 0 Å². The highest BCUT2D eigenvalue weighted by atomic mass is 16.2. The Morgan fingerprint density at radius 3 is 2.29 bits per heavy atom. The number of piperidine rings is 1. The van der Waals surface area contributed by atoms with E-state index in [-0.39, 0.29) is 5.91 Å². The number of carbonyl (C=O) groups excluding carboxylic acids is 1. The van der Waals surface area contributed by atoms with Crippen molar-refractivity contribution in [3.05, 3.63) is 78.1 Å². The average Bonchev–Trinajstić information content (AvgIpc) is 2.84. The summed E-state index contributed by atoms with van der Waals surface area (Å²) >= 11 is 0. The zero-order valence-electron chi connectivity index (χ0n) is 17.6. The zero-order chi connectivity index (χ0) is 21.2. The molecule has 1 aliphatic heterocycles. The van der Waals surface area contributed by atoms with Gasteiger partial charge in [-0.3, -0.25) is 9.78 Å². The molecule has 4 aromatic rings. The lowest BCUT2D eigenvalue weighted by molar-refractivity contribution is 0.0724. The first-order valence-electron chi connectivity index (χ1n) is 10.8. The van der Waals surface area contributed by atoms with Gasteiger partial charge in [-0.15, -0.1) is 0 Å². The molecule has 5 nitrogen and oxygen atoms in total. The van der Waals surface area contributed by atoms with Crippen molar-refractivity contribution in [3.63, 3.8) is 0 Å². The van der Waals surface area contributed by atoms with E-state index in [9.17, 15) is 4.79 Å². The Balaban J connectivity index is 1.64. The summed E-state index contributed by atoms with van der Waals surface area (Å²) in [6.45, 7) is 3.62. The number of carbonyl (C=O) groups is 1. The smallest absolute Gasteiger partial charge is 0.253 e. The van der Waals surface area contributed by atoms with Crippen molar-refractivity contribution in [3.8, 4) is 22.5 Å². The molecule has 3 heterocycles. The Kier molecular flexibility index (Phi) is 5.16. The molecule has 0 spiro atoms. The minimum Gasteiger partial charge on any atom is -0.339 e. The van der Waals surface area contributed by atoms with Crippen LogP contribution in [0.15, 0.2) is 66.9 Å². The van der Waals surface area contributed by atoms with Crippen molar-refractivity contribution < 1.29 is 4.79 Å². The maximum absolute atomic E-state index is 13.0. The molecule has 5 heteroatoms. The minimum absolute atomic E-state index is 0.0779. The van der Waals surface area contributed by atoms with Crippen molar-refractivity contribution in [2.45, 2.75) is 26.2 Å². The molecule has 2 aromatic carbocycles. The van der Waals surface area contributed by atoms with Crippen LogP contribution in [0.2, 0.25) is 0 Å². The molecule has 0 radical (unpaired) electrons. The predicted molar refractivity (Wildman–Crippen MR) is 123 cm³/mol. The van der Waals surface area contributed by atoms with E-state index >= 15 is 0 Å². The highest BCUT2D eigenvalue weighted by Crippen LogP contribution is 2.31.